The molecule has 1 aromatic rings. The molecule has 2 rings (SSSR count). The molecule has 0 aromatic heterocycles. The summed E-state index contributed by atoms with van der Waals surface area (Å²) in [5.41, 5.74) is 1.23. The van der Waals surface area contributed by atoms with Crippen LogP contribution in [0.2, 0.25) is 0 Å². The van der Waals surface area contributed by atoms with Gasteiger partial charge in [0.1, 0.15) is 0 Å². The van der Waals surface area contributed by atoms with Gasteiger partial charge in [-0.25, -0.2) is 0 Å². The van der Waals surface area contributed by atoms with Crippen LogP contribution in [0.15, 0.2) is 29.2 Å². The Labute approximate surface area is 131 Å². The van der Waals surface area contributed by atoms with E-state index in [9.17, 15) is 4.79 Å². The van der Waals surface area contributed by atoms with Crippen molar-refractivity contribution >= 4 is 30.1 Å². The summed E-state index contributed by atoms with van der Waals surface area (Å²) < 4.78 is 0. The second kappa shape index (κ2) is 8.55. The minimum absolute atomic E-state index is 0. The van der Waals surface area contributed by atoms with Crippen LogP contribution in [-0.2, 0) is 4.79 Å². The van der Waals surface area contributed by atoms with Gasteiger partial charge in [0.25, 0.3) is 0 Å². The SMILES string of the molecule is Cc1ccccc1SCC(=O)NC1CCNC(C)C1.Cl. The summed E-state index contributed by atoms with van der Waals surface area (Å²) in [5.74, 6) is 0.649. The van der Waals surface area contributed by atoms with Crippen LogP contribution in [0.4, 0.5) is 0 Å². The van der Waals surface area contributed by atoms with Gasteiger partial charge >= 0.3 is 0 Å². The van der Waals surface area contributed by atoms with Crippen LogP contribution in [-0.4, -0.2) is 30.3 Å². The first kappa shape index (κ1) is 17.3. The molecule has 1 aliphatic rings. The lowest BCUT2D eigenvalue weighted by atomic mass is 10.0. The number of halogens is 1. The number of hydrogen-bond acceptors (Lipinski definition) is 3. The Hall–Kier alpha value is -0.710. The summed E-state index contributed by atoms with van der Waals surface area (Å²) in [6.07, 6.45) is 2.06. The highest BCUT2D eigenvalue weighted by Gasteiger charge is 2.19. The molecule has 1 fully saturated rings. The Morgan fingerprint density at radius 1 is 1.45 bits per heavy atom. The second-order valence-electron chi connectivity index (χ2n) is 5.20. The highest BCUT2D eigenvalue weighted by molar-refractivity contribution is 8.00. The van der Waals surface area contributed by atoms with Crippen molar-refractivity contribution in [2.45, 2.75) is 43.7 Å². The number of carbonyl (C=O) groups excluding carboxylic acids is 1. The van der Waals surface area contributed by atoms with E-state index in [4.69, 9.17) is 0 Å². The summed E-state index contributed by atoms with van der Waals surface area (Å²) in [6.45, 7) is 5.24. The molecule has 1 saturated heterocycles. The van der Waals surface area contributed by atoms with E-state index in [1.807, 2.05) is 12.1 Å². The Bertz CT molecular complexity index is 442. The lowest BCUT2D eigenvalue weighted by Crippen LogP contribution is -2.47. The fraction of sp³-hybridized carbons (Fsp3) is 0.533. The van der Waals surface area contributed by atoms with Crippen molar-refractivity contribution in [1.82, 2.24) is 10.6 Å². The van der Waals surface area contributed by atoms with E-state index in [-0.39, 0.29) is 18.3 Å². The maximum Gasteiger partial charge on any atom is 0.230 e. The standard InChI is InChI=1S/C15H22N2OS.ClH/c1-11-5-3-4-6-14(11)19-10-15(18)17-13-7-8-16-12(2)9-13;/h3-6,12-13,16H,7-10H2,1-2H3,(H,17,18);1H. The zero-order chi connectivity index (χ0) is 13.7. The average molecular weight is 315 g/mol. The number of nitrogens with one attached hydrogen (secondary N) is 2. The van der Waals surface area contributed by atoms with Crippen molar-refractivity contribution in [3.05, 3.63) is 29.8 Å². The van der Waals surface area contributed by atoms with Crippen molar-refractivity contribution < 1.29 is 4.79 Å². The largest absolute Gasteiger partial charge is 0.353 e. The van der Waals surface area contributed by atoms with Crippen molar-refractivity contribution in [3.63, 3.8) is 0 Å². The molecule has 1 heterocycles. The van der Waals surface area contributed by atoms with E-state index in [2.05, 4.69) is 36.6 Å². The van der Waals surface area contributed by atoms with Crippen LogP contribution in [0.5, 0.6) is 0 Å². The van der Waals surface area contributed by atoms with E-state index in [0.717, 1.165) is 19.4 Å². The van der Waals surface area contributed by atoms with Gasteiger partial charge in [-0.15, -0.1) is 24.2 Å². The summed E-state index contributed by atoms with van der Waals surface area (Å²) in [4.78, 5) is 13.1. The first-order valence-electron chi connectivity index (χ1n) is 6.86. The molecule has 2 unspecified atom stereocenters. The normalized spacial score (nSPS) is 21.9. The predicted molar refractivity (Wildman–Crippen MR) is 87.8 cm³/mol. The lowest BCUT2D eigenvalue weighted by molar-refractivity contribution is -0.119. The third-order valence-electron chi connectivity index (χ3n) is 3.44. The summed E-state index contributed by atoms with van der Waals surface area (Å²) in [5, 5.41) is 6.53. The summed E-state index contributed by atoms with van der Waals surface area (Å²) >= 11 is 1.62. The van der Waals surface area contributed by atoms with Gasteiger partial charge in [-0.3, -0.25) is 4.79 Å². The number of rotatable bonds is 4. The molecule has 112 valence electrons. The van der Waals surface area contributed by atoms with Crippen molar-refractivity contribution in [2.75, 3.05) is 12.3 Å². The Balaban J connectivity index is 0.00000200. The maximum atomic E-state index is 12.0. The van der Waals surface area contributed by atoms with Crippen LogP contribution in [0.1, 0.15) is 25.3 Å². The number of benzene rings is 1. The number of hydrogen-bond donors (Lipinski definition) is 2. The van der Waals surface area contributed by atoms with E-state index in [0.29, 0.717) is 17.8 Å². The molecular formula is C15H23ClN2OS. The van der Waals surface area contributed by atoms with E-state index in [1.54, 1.807) is 11.8 Å². The molecule has 3 nitrogen and oxygen atoms in total. The van der Waals surface area contributed by atoms with Crippen LogP contribution >= 0.6 is 24.2 Å². The van der Waals surface area contributed by atoms with Crippen molar-refractivity contribution in [2.24, 2.45) is 0 Å². The molecule has 0 bridgehead atoms. The predicted octanol–water partition coefficient (Wildman–Crippen LogP) is 2.77. The first-order valence-corrected chi connectivity index (χ1v) is 7.85. The first-order chi connectivity index (χ1) is 9.15. The van der Waals surface area contributed by atoms with Gasteiger partial charge in [0.15, 0.2) is 0 Å². The third-order valence-corrected chi connectivity index (χ3v) is 4.62. The number of thioether (sulfide) groups is 1. The monoisotopic (exact) mass is 314 g/mol. The number of carbonyl (C=O) groups is 1. The molecule has 0 saturated carbocycles. The molecule has 2 N–H and O–H groups in total. The highest BCUT2D eigenvalue weighted by Crippen LogP contribution is 2.21. The molecule has 2 atom stereocenters. The van der Waals surface area contributed by atoms with Gasteiger partial charge in [0, 0.05) is 17.0 Å². The van der Waals surface area contributed by atoms with Gasteiger partial charge in [0.05, 0.1) is 5.75 Å². The average Bonchev–Trinajstić information content (AvgIpc) is 2.38. The van der Waals surface area contributed by atoms with Gasteiger partial charge < -0.3 is 10.6 Å². The molecule has 1 aliphatic heterocycles. The number of piperidine rings is 1. The van der Waals surface area contributed by atoms with Gasteiger partial charge in [-0.2, -0.15) is 0 Å². The van der Waals surface area contributed by atoms with Gasteiger partial charge in [-0.1, -0.05) is 18.2 Å². The Morgan fingerprint density at radius 2 is 2.20 bits per heavy atom. The zero-order valence-corrected chi connectivity index (χ0v) is 13.7. The molecular weight excluding hydrogens is 292 g/mol. The van der Waals surface area contributed by atoms with E-state index >= 15 is 0 Å². The van der Waals surface area contributed by atoms with Crippen molar-refractivity contribution in [3.8, 4) is 0 Å². The minimum Gasteiger partial charge on any atom is -0.353 e. The number of aryl methyl sites for hydroxylation is 1. The molecule has 0 radical (unpaired) electrons. The zero-order valence-electron chi connectivity index (χ0n) is 12.0. The van der Waals surface area contributed by atoms with Crippen LogP contribution in [0.3, 0.4) is 0 Å². The summed E-state index contributed by atoms with van der Waals surface area (Å²) in [6, 6.07) is 9.02. The van der Waals surface area contributed by atoms with Crippen LogP contribution in [0, 0.1) is 6.92 Å². The maximum absolute atomic E-state index is 12.0. The molecule has 20 heavy (non-hydrogen) atoms. The molecule has 0 spiro atoms. The molecule has 1 aromatic carbocycles. The van der Waals surface area contributed by atoms with Crippen LogP contribution < -0.4 is 10.6 Å². The third kappa shape index (κ3) is 5.35. The van der Waals surface area contributed by atoms with E-state index in [1.165, 1.54) is 10.5 Å². The smallest absolute Gasteiger partial charge is 0.230 e. The van der Waals surface area contributed by atoms with Crippen molar-refractivity contribution in [1.29, 1.82) is 0 Å². The fourth-order valence-corrected chi connectivity index (χ4v) is 3.23. The molecule has 5 heteroatoms. The molecule has 1 amide bonds. The quantitative estimate of drug-likeness (QED) is 0.840. The molecule has 0 aliphatic carbocycles. The second-order valence-corrected chi connectivity index (χ2v) is 6.22. The van der Waals surface area contributed by atoms with Gasteiger partial charge in [0.2, 0.25) is 5.91 Å². The highest BCUT2D eigenvalue weighted by atomic mass is 35.5. The topological polar surface area (TPSA) is 41.1 Å². The number of amides is 1. The lowest BCUT2D eigenvalue weighted by Gasteiger charge is -2.28. The van der Waals surface area contributed by atoms with E-state index < -0.39 is 0 Å². The van der Waals surface area contributed by atoms with Gasteiger partial charge in [-0.05, 0) is 44.9 Å². The van der Waals surface area contributed by atoms with Crippen LogP contribution in [0.25, 0.3) is 0 Å². The minimum atomic E-state index is 0. The Morgan fingerprint density at radius 3 is 2.90 bits per heavy atom. The summed E-state index contributed by atoms with van der Waals surface area (Å²) in [7, 11) is 0. The Kier molecular flexibility index (Phi) is 7.41. The fourth-order valence-electron chi connectivity index (χ4n) is 2.39.